The van der Waals surface area contributed by atoms with Crippen molar-refractivity contribution in [3.05, 3.63) is 95.6 Å². The number of rotatable bonds is 10. The van der Waals surface area contributed by atoms with Crippen LogP contribution in [0.3, 0.4) is 0 Å². The Morgan fingerprint density at radius 2 is 1.56 bits per heavy atom. The second-order valence-electron chi connectivity index (χ2n) is 7.31. The molecule has 8 heteroatoms. The van der Waals surface area contributed by atoms with E-state index in [-0.39, 0.29) is 16.9 Å². The third kappa shape index (κ3) is 7.68. The van der Waals surface area contributed by atoms with Crippen LogP contribution in [0.4, 0.5) is 5.69 Å². The average Bonchev–Trinajstić information content (AvgIpc) is 2.85. The average molecular weight is 478 g/mol. The van der Waals surface area contributed by atoms with E-state index in [9.17, 15) is 9.59 Å². The molecule has 2 amide bonds. The van der Waals surface area contributed by atoms with Crippen LogP contribution in [-0.4, -0.2) is 43.8 Å². The summed E-state index contributed by atoms with van der Waals surface area (Å²) in [6.45, 7) is 1.34. The summed E-state index contributed by atoms with van der Waals surface area (Å²) in [5.74, 6) is 0.0501. The molecule has 0 aliphatic heterocycles. The van der Waals surface area contributed by atoms with Gasteiger partial charge in [-0.1, -0.05) is 42.5 Å². The van der Waals surface area contributed by atoms with Crippen molar-refractivity contribution >= 4 is 34.8 Å². The van der Waals surface area contributed by atoms with Gasteiger partial charge in [0.1, 0.15) is 5.75 Å². The first-order chi connectivity index (χ1) is 16.6. The molecule has 0 aliphatic carbocycles. The lowest BCUT2D eigenvalue weighted by Gasteiger charge is -2.14. The maximum Gasteiger partial charge on any atom is 0.257 e. The molecule has 3 rings (SSSR count). The number of thiocarbonyl (C=S) groups is 1. The molecule has 0 aliphatic rings. The van der Waals surface area contributed by atoms with Gasteiger partial charge in [-0.15, -0.1) is 0 Å². The number of hydrogen-bond donors (Lipinski definition) is 3. The van der Waals surface area contributed by atoms with E-state index >= 15 is 0 Å². The van der Waals surface area contributed by atoms with Gasteiger partial charge in [-0.2, -0.15) is 0 Å². The van der Waals surface area contributed by atoms with E-state index in [1.54, 1.807) is 55.6 Å². The van der Waals surface area contributed by atoms with Gasteiger partial charge in [-0.05, 0) is 54.2 Å². The number of carbonyl (C=O) groups excluding carboxylic acids is 2. The zero-order valence-electron chi connectivity index (χ0n) is 18.9. The molecule has 0 spiro atoms. The van der Waals surface area contributed by atoms with Crippen LogP contribution in [0.15, 0.2) is 78.9 Å². The van der Waals surface area contributed by atoms with Crippen molar-refractivity contribution in [1.29, 1.82) is 0 Å². The molecule has 34 heavy (non-hydrogen) atoms. The molecular formula is C26H27N3O4S. The SMILES string of the molecule is COCCNC(=O)c1ccccc1NC(=S)NC(=O)c1ccc(OCCc2ccccc2)cc1. The molecule has 0 radical (unpaired) electrons. The minimum atomic E-state index is -0.365. The van der Waals surface area contributed by atoms with Crippen molar-refractivity contribution in [3.63, 3.8) is 0 Å². The van der Waals surface area contributed by atoms with E-state index in [4.69, 9.17) is 21.7 Å². The van der Waals surface area contributed by atoms with E-state index in [0.717, 1.165) is 6.42 Å². The van der Waals surface area contributed by atoms with Gasteiger partial charge in [0.15, 0.2) is 5.11 Å². The lowest BCUT2D eigenvalue weighted by Crippen LogP contribution is -2.35. The molecule has 0 heterocycles. The van der Waals surface area contributed by atoms with E-state index in [0.29, 0.717) is 42.3 Å². The maximum atomic E-state index is 12.6. The molecular weight excluding hydrogens is 450 g/mol. The second kappa shape index (κ2) is 13.1. The van der Waals surface area contributed by atoms with E-state index < -0.39 is 0 Å². The van der Waals surface area contributed by atoms with Gasteiger partial charge in [0.05, 0.1) is 24.5 Å². The van der Waals surface area contributed by atoms with Crippen molar-refractivity contribution in [1.82, 2.24) is 10.6 Å². The van der Waals surface area contributed by atoms with Crippen LogP contribution in [0, 0.1) is 0 Å². The molecule has 0 unspecified atom stereocenters. The topological polar surface area (TPSA) is 88.7 Å². The maximum absolute atomic E-state index is 12.6. The fourth-order valence-electron chi connectivity index (χ4n) is 3.11. The Morgan fingerprint density at radius 1 is 0.853 bits per heavy atom. The Kier molecular flexibility index (Phi) is 9.57. The highest BCUT2D eigenvalue weighted by atomic mass is 32.1. The van der Waals surface area contributed by atoms with Gasteiger partial charge in [-0.25, -0.2) is 0 Å². The highest BCUT2D eigenvalue weighted by Crippen LogP contribution is 2.16. The molecule has 3 aromatic rings. The van der Waals surface area contributed by atoms with Gasteiger partial charge in [-0.3, -0.25) is 14.9 Å². The Bertz CT molecular complexity index is 1100. The number of benzene rings is 3. The lowest BCUT2D eigenvalue weighted by atomic mass is 10.1. The molecule has 176 valence electrons. The smallest absolute Gasteiger partial charge is 0.257 e. The van der Waals surface area contributed by atoms with Crippen LogP contribution in [0.25, 0.3) is 0 Å². The van der Waals surface area contributed by atoms with Crippen LogP contribution < -0.4 is 20.7 Å². The zero-order valence-corrected chi connectivity index (χ0v) is 19.7. The molecule has 0 saturated heterocycles. The van der Waals surface area contributed by atoms with Crippen molar-refractivity contribution in [2.45, 2.75) is 6.42 Å². The van der Waals surface area contributed by atoms with Gasteiger partial charge in [0.2, 0.25) is 0 Å². The number of carbonyl (C=O) groups is 2. The lowest BCUT2D eigenvalue weighted by molar-refractivity contribution is 0.0936. The van der Waals surface area contributed by atoms with Gasteiger partial charge in [0.25, 0.3) is 11.8 Å². The summed E-state index contributed by atoms with van der Waals surface area (Å²) in [5.41, 5.74) is 2.54. The van der Waals surface area contributed by atoms with E-state index in [1.165, 1.54) is 5.56 Å². The molecule has 0 bridgehead atoms. The highest BCUT2D eigenvalue weighted by molar-refractivity contribution is 7.80. The summed E-state index contributed by atoms with van der Waals surface area (Å²) in [5, 5.41) is 8.41. The minimum absolute atomic E-state index is 0.0883. The number of nitrogens with one attached hydrogen (secondary N) is 3. The second-order valence-corrected chi connectivity index (χ2v) is 7.72. The summed E-state index contributed by atoms with van der Waals surface area (Å²) in [6, 6.07) is 23.8. The minimum Gasteiger partial charge on any atom is -0.493 e. The van der Waals surface area contributed by atoms with Crippen molar-refractivity contribution in [2.75, 3.05) is 32.2 Å². The Balaban J connectivity index is 1.51. The summed E-state index contributed by atoms with van der Waals surface area (Å²) in [4.78, 5) is 25.0. The van der Waals surface area contributed by atoms with E-state index in [2.05, 4.69) is 28.1 Å². The highest BCUT2D eigenvalue weighted by Gasteiger charge is 2.13. The number of hydrogen-bond acceptors (Lipinski definition) is 5. The quantitative estimate of drug-likeness (QED) is 0.304. The van der Waals surface area contributed by atoms with Crippen LogP contribution in [0.1, 0.15) is 26.3 Å². The molecule has 0 saturated carbocycles. The van der Waals surface area contributed by atoms with Crippen molar-refractivity contribution < 1.29 is 19.1 Å². The fraction of sp³-hybridized carbons (Fsp3) is 0.192. The van der Waals surface area contributed by atoms with Gasteiger partial charge < -0.3 is 20.1 Å². The summed E-state index contributed by atoms with van der Waals surface area (Å²) in [7, 11) is 1.56. The third-order valence-corrected chi connectivity index (χ3v) is 5.06. The summed E-state index contributed by atoms with van der Waals surface area (Å²) >= 11 is 5.27. The first kappa shape index (κ1) is 24.9. The number of anilines is 1. The largest absolute Gasteiger partial charge is 0.493 e. The normalized spacial score (nSPS) is 10.3. The number of amides is 2. The first-order valence-corrected chi connectivity index (χ1v) is 11.2. The molecule has 7 nitrogen and oxygen atoms in total. The first-order valence-electron chi connectivity index (χ1n) is 10.8. The van der Waals surface area contributed by atoms with Crippen LogP contribution in [0.2, 0.25) is 0 Å². The van der Waals surface area contributed by atoms with Crippen molar-refractivity contribution in [3.8, 4) is 5.75 Å². The predicted octanol–water partition coefficient (Wildman–Crippen LogP) is 3.81. The van der Waals surface area contributed by atoms with Gasteiger partial charge >= 0.3 is 0 Å². The summed E-state index contributed by atoms with van der Waals surface area (Å²) < 4.78 is 10.7. The predicted molar refractivity (Wildman–Crippen MR) is 136 cm³/mol. The standard InChI is InChI=1S/C26H27N3O4S/c1-32-18-16-27-25(31)22-9-5-6-10-23(22)28-26(34)29-24(30)20-11-13-21(14-12-20)33-17-15-19-7-3-2-4-8-19/h2-14H,15-18H2,1H3,(H,27,31)(H2,28,29,30,34). The molecule has 0 aromatic heterocycles. The zero-order chi connectivity index (χ0) is 24.2. The molecule has 0 fully saturated rings. The fourth-order valence-corrected chi connectivity index (χ4v) is 3.32. The third-order valence-electron chi connectivity index (χ3n) is 4.86. The van der Waals surface area contributed by atoms with Gasteiger partial charge in [0, 0.05) is 25.6 Å². The van der Waals surface area contributed by atoms with Crippen LogP contribution >= 0.6 is 12.2 Å². The van der Waals surface area contributed by atoms with Crippen LogP contribution in [0.5, 0.6) is 5.75 Å². The van der Waals surface area contributed by atoms with E-state index in [1.807, 2.05) is 18.2 Å². The molecule has 3 aromatic carbocycles. The monoisotopic (exact) mass is 477 g/mol. The molecule has 3 N–H and O–H groups in total. The Hall–Kier alpha value is -3.75. The number of ether oxygens (including phenoxy) is 2. The van der Waals surface area contributed by atoms with Crippen LogP contribution in [-0.2, 0) is 11.2 Å². The number of para-hydroxylation sites is 1. The number of methoxy groups -OCH3 is 1. The Labute approximate surface area is 204 Å². The van der Waals surface area contributed by atoms with Crippen molar-refractivity contribution in [2.24, 2.45) is 0 Å². The summed E-state index contributed by atoms with van der Waals surface area (Å²) in [6.07, 6.45) is 0.800. The molecule has 0 atom stereocenters. The Morgan fingerprint density at radius 3 is 2.29 bits per heavy atom.